The number of halogens is 1. The minimum atomic E-state index is -0.328. The van der Waals surface area contributed by atoms with Crippen molar-refractivity contribution in [2.24, 2.45) is 5.92 Å². The molecule has 5 heteroatoms. The summed E-state index contributed by atoms with van der Waals surface area (Å²) in [6.45, 7) is 3.04. The second kappa shape index (κ2) is 6.35. The van der Waals surface area contributed by atoms with Crippen molar-refractivity contribution in [3.8, 4) is 0 Å². The molecular weight excluding hydrogens is 264 g/mol. The van der Waals surface area contributed by atoms with Gasteiger partial charge in [-0.1, -0.05) is 18.5 Å². The molecule has 1 atom stereocenters. The Labute approximate surface area is 118 Å². The van der Waals surface area contributed by atoms with Crippen molar-refractivity contribution < 1.29 is 4.92 Å². The SMILES string of the molecule is CCNC(CCc1cc(Cl)ccc1[N+](=O)[O-])C1CC1. The maximum absolute atomic E-state index is 11.0. The van der Waals surface area contributed by atoms with E-state index >= 15 is 0 Å². The van der Waals surface area contributed by atoms with Crippen molar-refractivity contribution in [1.82, 2.24) is 5.32 Å². The molecule has 104 valence electrons. The topological polar surface area (TPSA) is 55.2 Å². The van der Waals surface area contributed by atoms with Crippen molar-refractivity contribution in [3.63, 3.8) is 0 Å². The molecule has 1 N–H and O–H groups in total. The Bertz CT molecular complexity index is 461. The van der Waals surface area contributed by atoms with Gasteiger partial charge in [0, 0.05) is 22.7 Å². The fourth-order valence-corrected chi connectivity index (χ4v) is 2.70. The van der Waals surface area contributed by atoms with Gasteiger partial charge in [0.05, 0.1) is 4.92 Å². The monoisotopic (exact) mass is 282 g/mol. The van der Waals surface area contributed by atoms with Crippen LogP contribution in [0.5, 0.6) is 0 Å². The first-order chi connectivity index (χ1) is 9.11. The number of rotatable bonds is 7. The lowest BCUT2D eigenvalue weighted by Crippen LogP contribution is -2.31. The second-order valence-corrected chi connectivity index (χ2v) is 5.51. The van der Waals surface area contributed by atoms with Crippen LogP contribution in [0, 0.1) is 16.0 Å². The van der Waals surface area contributed by atoms with Crippen LogP contribution in [-0.4, -0.2) is 17.5 Å². The maximum Gasteiger partial charge on any atom is 0.272 e. The predicted octanol–water partition coefficient (Wildman–Crippen LogP) is 3.57. The minimum Gasteiger partial charge on any atom is -0.314 e. The molecule has 0 amide bonds. The average molecular weight is 283 g/mol. The Morgan fingerprint density at radius 3 is 2.84 bits per heavy atom. The number of nitro groups is 1. The summed E-state index contributed by atoms with van der Waals surface area (Å²) in [5, 5.41) is 15.0. The molecule has 4 nitrogen and oxygen atoms in total. The van der Waals surface area contributed by atoms with E-state index in [1.54, 1.807) is 12.1 Å². The molecule has 1 aromatic rings. The van der Waals surface area contributed by atoms with Crippen LogP contribution in [-0.2, 0) is 6.42 Å². The average Bonchev–Trinajstić information content (AvgIpc) is 3.18. The minimum absolute atomic E-state index is 0.176. The molecule has 0 spiro atoms. The number of nitrogens with one attached hydrogen (secondary N) is 1. The molecule has 1 aromatic carbocycles. The molecule has 1 fully saturated rings. The summed E-state index contributed by atoms with van der Waals surface area (Å²) in [4.78, 5) is 10.7. The van der Waals surface area contributed by atoms with Crippen LogP contribution >= 0.6 is 11.6 Å². The molecule has 0 radical (unpaired) electrons. The number of hydrogen-bond acceptors (Lipinski definition) is 3. The lowest BCUT2D eigenvalue weighted by Gasteiger charge is -2.17. The maximum atomic E-state index is 11.0. The molecule has 19 heavy (non-hydrogen) atoms. The summed E-state index contributed by atoms with van der Waals surface area (Å²) >= 11 is 5.93. The third-order valence-electron chi connectivity index (χ3n) is 3.62. The molecule has 0 saturated heterocycles. The van der Waals surface area contributed by atoms with Gasteiger partial charge in [-0.05, 0) is 50.3 Å². The van der Waals surface area contributed by atoms with Crippen molar-refractivity contribution in [2.75, 3.05) is 6.54 Å². The molecule has 1 saturated carbocycles. The van der Waals surface area contributed by atoms with Gasteiger partial charge in [0.25, 0.3) is 5.69 Å². The molecule has 1 unspecified atom stereocenters. The van der Waals surface area contributed by atoms with Crippen molar-refractivity contribution in [3.05, 3.63) is 38.9 Å². The van der Waals surface area contributed by atoms with Crippen LogP contribution < -0.4 is 5.32 Å². The standard InChI is InChI=1S/C14H19ClN2O2/c1-2-16-13(10-3-4-10)7-5-11-9-12(15)6-8-14(11)17(18)19/h6,8-10,13,16H,2-5,7H2,1H3. The molecule has 1 aliphatic carbocycles. The second-order valence-electron chi connectivity index (χ2n) is 5.07. The lowest BCUT2D eigenvalue weighted by molar-refractivity contribution is -0.385. The molecule has 0 aliphatic heterocycles. The van der Waals surface area contributed by atoms with Crippen LogP contribution in [0.25, 0.3) is 0 Å². The Balaban J connectivity index is 2.04. The van der Waals surface area contributed by atoms with Gasteiger partial charge in [0.1, 0.15) is 0 Å². The van der Waals surface area contributed by atoms with Crippen LogP contribution in [0.3, 0.4) is 0 Å². The van der Waals surface area contributed by atoms with Gasteiger partial charge < -0.3 is 5.32 Å². The number of benzene rings is 1. The fourth-order valence-electron chi connectivity index (χ4n) is 2.51. The molecule has 0 bridgehead atoms. The van der Waals surface area contributed by atoms with Gasteiger partial charge in [0.2, 0.25) is 0 Å². The Kier molecular flexibility index (Phi) is 4.77. The van der Waals surface area contributed by atoms with E-state index in [2.05, 4.69) is 12.2 Å². The lowest BCUT2D eigenvalue weighted by atomic mass is 10.0. The molecule has 1 aliphatic rings. The van der Waals surface area contributed by atoms with E-state index in [0.29, 0.717) is 17.5 Å². The highest BCUT2D eigenvalue weighted by molar-refractivity contribution is 6.30. The molecule has 2 rings (SSSR count). The predicted molar refractivity (Wildman–Crippen MR) is 76.6 cm³/mol. The first kappa shape index (κ1) is 14.3. The van der Waals surface area contributed by atoms with E-state index < -0.39 is 0 Å². The van der Waals surface area contributed by atoms with Crippen molar-refractivity contribution in [2.45, 2.75) is 38.6 Å². The van der Waals surface area contributed by atoms with E-state index in [1.165, 1.54) is 18.9 Å². The molecule has 0 aromatic heterocycles. The fraction of sp³-hybridized carbons (Fsp3) is 0.571. The van der Waals surface area contributed by atoms with Gasteiger partial charge >= 0.3 is 0 Å². The highest BCUT2D eigenvalue weighted by Crippen LogP contribution is 2.35. The van der Waals surface area contributed by atoms with Gasteiger partial charge in [-0.2, -0.15) is 0 Å². The van der Waals surface area contributed by atoms with Crippen molar-refractivity contribution in [1.29, 1.82) is 0 Å². The first-order valence-electron chi connectivity index (χ1n) is 6.78. The summed E-state index contributed by atoms with van der Waals surface area (Å²) in [6.07, 6.45) is 4.18. The summed E-state index contributed by atoms with van der Waals surface area (Å²) in [7, 11) is 0. The Morgan fingerprint density at radius 2 is 2.26 bits per heavy atom. The van der Waals surface area contributed by atoms with E-state index in [9.17, 15) is 10.1 Å². The van der Waals surface area contributed by atoms with Gasteiger partial charge in [-0.25, -0.2) is 0 Å². The summed E-state index contributed by atoms with van der Waals surface area (Å²) in [5.74, 6) is 0.748. The third-order valence-corrected chi connectivity index (χ3v) is 3.86. The van der Waals surface area contributed by atoms with Crippen LogP contribution in [0.15, 0.2) is 18.2 Å². The zero-order valence-electron chi connectivity index (χ0n) is 11.1. The van der Waals surface area contributed by atoms with Crippen molar-refractivity contribution >= 4 is 17.3 Å². The van der Waals surface area contributed by atoms with Crippen LogP contribution in [0.1, 0.15) is 31.7 Å². The number of nitro benzene ring substituents is 1. The third kappa shape index (κ3) is 3.91. The van der Waals surface area contributed by atoms with E-state index in [4.69, 9.17) is 11.6 Å². The molecule has 0 heterocycles. The first-order valence-corrected chi connectivity index (χ1v) is 7.15. The molecular formula is C14H19ClN2O2. The quantitative estimate of drug-likeness (QED) is 0.614. The van der Waals surface area contributed by atoms with Gasteiger partial charge in [-0.3, -0.25) is 10.1 Å². The Morgan fingerprint density at radius 1 is 1.53 bits per heavy atom. The van der Waals surface area contributed by atoms with E-state index in [1.807, 2.05) is 0 Å². The summed E-state index contributed by atoms with van der Waals surface area (Å²) in [5.41, 5.74) is 0.913. The largest absolute Gasteiger partial charge is 0.314 e. The van der Waals surface area contributed by atoms with Gasteiger partial charge in [0.15, 0.2) is 0 Å². The van der Waals surface area contributed by atoms with Crippen LogP contribution in [0.2, 0.25) is 5.02 Å². The zero-order chi connectivity index (χ0) is 13.8. The van der Waals surface area contributed by atoms with Crippen LogP contribution in [0.4, 0.5) is 5.69 Å². The normalized spacial score (nSPS) is 16.3. The number of nitrogens with zero attached hydrogens (tertiary/aromatic N) is 1. The summed E-state index contributed by atoms with van der Waals surface area (Å²) in [6, 6.07) is 5.27. The summed E-state index contributed by atoms with van der Waals surface area (Å²) < 4.78 is 0. The van der Waals surface area contributed by atoms with Gasteiger partial charge in [-0.15, -0.1) is 0 Å². The number of aryl methyl sites for hydroxylation is 1. The van der Waals surface area contributed by atoms with E-state index in [-0.39, 0.29) is 10.6 Å². The highest BCUT2D eigenvalue weighted by Gasteiger charge is 2.30. The highest BCUT2D eigenvalue weighted by atomic mass is 35.5. The smallest absolute Gasteiger partial charge is 0.272 e. The number of hydrogen-bond donors (Lipinski definition) is 1. The van der Waals surface area contributed by atoms with E-state index in [0.717, 1.165) is 24.4 Å². The Hall–Kier alpha value is -1.13. The zero-order valence-corrected chi connectivity index (χ0v) is 11.8.